The van der Waals surface area contributed by atoms with Gasteiger partial charge in [0.1, 0.15) is 0 Å². The van der Waals surface area contributed by atoms with E-state index in [9.17, 15) is 18.0 Å². The molecule has 31 heavy (non-hydrogen) atoms. The molecule has 0 saturated carbocycles. The van der Waals surface area contributed by atoms with Crippen molar-refractivity contribution < 1.29 is 27.4 Å². The molecule has 0 unspecified atom stereocenters. The molecule has 2 aromatic heterocycles. The maximum Gasteiger partial charge on any atom is 0.453 e. The highest BCUT2D eigenvalue weighted by atomic mass is 19.4. The smallest absolute Gasteiger partial charge is 0.453 e. The molecule has 8 nitrogen and oxygen atoms in total. The van der Waals surface area contributed by atoms with Gasteiger partial charge in [0.25, 0.3) is 11.6 Å². The zero-order valence-electron chi connectivity index (χ0n) is 17.5. The van der Waals surface area contributed by atoms with Crippen LogP contribution in [0.3, 0.4) is 0 Å². The van der Waals surface area contributed by atoms with Crippen molar-refractivity contribution in [3.63, 3.8) is 0 Å². The number of halogens is 3. The Morgan fingerprint density at radius 2 is 1.84 bits per heavy atom. The third-order valence-corrected chi connectivity index (χ3v) is 4.84. The average molecular weight is 437 g/mol. The summed E-state index contributed by atoms with van der Waals surface area (Å²) in [6.07, 6.45) is -4.21. The number of fused-ring (bicyclic) bond motifs is 1. The van der Waals surface area contributed by atoms with Crippen LogP contribution in [0.1, 0.15) is 34.8 Å². The fourth-order valence-electron chi connectivity index (χ4n) is 3.21. The van der Waals surface area contributed by atoms with Gasteiger partial charge in [-0.15, -0.1) is 5.10 Å². The molecule has 3 aromatic rings. The summed E-state index contributed by atoms with van der Waals surface area (Å²) in [6.45, 7) is 3.60. The second-order valence-corrected chi connectivity index (χ2v) is 6.87. The highest BCUT2D eigenvalue weighted by Gasteiger charge is 2.36. The van der Waals surface area contributed by atoms with Gasteiger partial charge in [0, 0.05) is 24.4 Å². The number of carbonyl (C=O) groups is 1. The Bertz CT molecular complexity index is 1110. The number of amides is 1. The predicted octanol–water partition coefficient (Wildman–Crippen LogP) is 3.03. The summed E-state index contributed by atoms with van der Waals surface area (Å²) in [6, 6.07) is 5.34. The number of nitrogens with one attached hydrogen (secondary N) is 1. The van der Waals surface area contributed by atoms with Gasteiger partial charge in [-0.1, -0.05) is 6.07 Å². The SMILES string of the molecule is COc1ccc(CNC(=O)CCc2c(C)nc3nc(C(F)(F)F)nn3c2C)cc1OC. The van der Waals surface area contributed by atoms with Gasteiger partial charge in [0.05, 0.1) is 14.2 Å². The molecule has 3 rings (SSSR count). The lowest BCUT2D eigenvalue weighted by molar-refractivity contribution is -0.144. The molecule has 0 fully saturated rings. The van der Waals surface area contributed by atoms with Crippen LogP contribution in [0.5, 0.6) is 11.5 Å². The third kappa shape index (κ3) is 4.86. The molecule has 0 aliphatic rings. The van der Waals surface area contributed by atoms with E-state index in [1.165, 1.54) is 7.11 Å². The van der Waals surface area contributed by atoms with Crippen molar-refractivity contribution in [2.24, 2.45) is 0 Å². The Labute approximate surface area is 176 Å². The second kappa shape index (κ2) is 8.78. The topological polar surface area (TPSA) is 90.6 Å². The van der Waals surface area contributed by atoms with E-state index < -0.39 is 12.0 Å². The number of hydrogen-bond donors (Lipinski definition) is 1. The number of hydrogen-bond acceptors (Lipinski definition) is 6. The summed E-state index contributed by atoms with van der Waals surface area (Å²) in [7, 11) is 3.07. The number of nitrogens with zero attached hydrogens (tertiary/aromatic N) is 4. The van der Waals surface area contributed by atoms with E-state index in [0.29, 0.717) is 41.4 Å². The number of methoxy groups -OCH3 is 2. The number of aryl methyl sites for hydroxylation is 2. The Kier molecular flexibility index (Phi) is 6.32. The number of benzene rings is 1. The molecule has 0 bridgehead atoms. The van der Waals surface area contributed by atoms with Crippen LogP contribution in [0.15, 0.2) is 18.2 Å². The summed E-state index contributed by atoms with van der Waals surface area (Å²) in [5.41, 5.74) is 2.48. The number of rotatable bonds is 7. The lowest BCUT2D eigenvalue weighted by atomic mass is 10.1. The van der Waals surface area contributed by atoms with Gasteiger partial charge in [0.15, 0.2) is 11.5 Å². The molecule has 0 atom stereocenters. The highest BCUT2D eigenvalue weighted by Crippen LogP contribution is 2.28. The van der Waals surface area contributed by atoms with Crippen LogP contribution >= 0.6 is 0 Å². The predicted molar refractivity (Wildman–Crippen MR) is 105 cm³/mol. The van der Waals surface area contributed by atoms with Crippen molar-refractivity contribution in [2.45, 2.75) is 39.4 Å². The van der Waals surface area contributed by atoms with Gasteiger partial charge in [-0.25, -0.2) is 9.50 Å². The van der Waals surface area contributed by atoms with Crippen molar-refractivity contribution in [1.29, 1.82) is 0 Å². The van der Waals surface area contributed by atoms with Crippen LogP contribution < -0.4 is 14.8 Å². The van der Waals surface area contributed by atoms with E-state index >= 15 is 0 Å². The quantitative estimate of drug-likeness (QED) is 0.611. The Hall–Kier alpha value is -3.37. The molecule has 0 aliphatic carbocycles. The van der Waals surface area contributed by atoms with Gasteiger partial charge in [-0.3, -0.25) is 4.79 Å². The number of alkyl halides is 3. The molecule has 166 valence electrons. The minimum absolute atomic E-state index is 0.121. The van der Waals surface area contributed by atoms with Crippen LogP contribution in [-0.2, 0) is 23.9 Å². The van der Waals surface area contributed by atoms with E-state index in [4.69, 9.17) is 9.47 Å². The average Bonchev–Trinajstić information content (AvgIpc) is 3.16. The molecule has 0 aliphatic heterocycles. The summed E-state index contributed by atoms with van der Waals surface area (Å²) in [4.78, 5) is 19.9. The van der Waals surface area contributed by atoms with Crippen LogP contribution in [0.4, 0.5) is 13.2 Å². The number of carbonyl (C=O) groups excluding carboxylic acids is 1. The fraction of sp³-hybridized carbons (Fsp3) is 0.400. The molecule has 1 aromatic carbocycles. The van der Waals surface area contributed by atoms with Crippen molar-refractivity contribution in [3.05, 3.63) is 46.5 Å². The van der Waals surface area contributed by atoms with E-state index in [-0.39, 0.29) is 18.1 Å². The molecule has 0 radical (unpaired) electrons. The summed E-state index contributed by atoms with van der Waals surface area (Å²) >= 11 is 0. The van der Waals surface area contributed by atoms with Crippen LogP contribution in [0.2, 0.25) is 0 Å². The van der Waals surface area contributed by atoms with Crippen molar-refractivity contribution in [2.75, 3.05) is 14.2 Å². The first-order valence-electron chi connectivity index (χ1n) is 9.41. The molecular weight excluding hydrogens is 415 g/mol. The first kappa shape index (κ1) is 22.3. The maximum atomic E-state index is 12.9. The van der Waals surface area contributed by atoms with Crippen LogP contribution in [-0.4, -0.2) is 39.7 Å². The molecule has 1 amide bonds. The lowest BCUT2D eigenvalue weighted by Gasteiger charge is -2.12. The molecule has 0 spiro atoms. The van der Waals surface area contributed by atoms with Crippen molar-refractivity contribution in [1.82, 2.24) is 24.9 Å². The Morgan fingerprint density at radius 1 is 1.13 bits per heavy atom. The molecule has 11 heteroatoms. The monoisotopic (exact) mass is 437 g/mol. The first-order valence-corrected chi connectivity index (χ1v) is 9.41. The second-order valence-electron chi connectivity index (χ2n) is 6.87. The molecular formula is C20H22F3N5O3. The van der Waals surface area contributed by atoms with E-state index in [1.54, 1.807) is 33.1 Å². The maximum absolute atomic E-state index is 12.9. The van der Waals surface area contributed by atoms with Crippen LogP contribution in [0.25, 0.3) is 5.78 Å². The van der Waals surface area contributed by atoms with Gasteiger partial charge in [-0.05, 0) is 43.5 Å². The standard InChI is InChI=1S/C20H22F3N5O3/c1-11-14(12(2)28-19(25-11)26-18(27-28)20(21,22)23)6-8-17(29)24-10-13-5-7-15(30-3)16(9-13)31-4/h5,7,9H,6,8,10H2,1-4H3,(H,24,29). The Morgan fingerprint density at radius 3 is 2.48 bits per heavy atom. The summed E-state index contributed by atoms with van der Waals surface area (Å²) in [5.74, 6) is -0.418. The molecule has 1 N–H and O–H groups in total. The highest BCUT2D eigenvalue weighted by molar-refractivity contribution is 5.76. The minimum Gasteiger partial charge on any atom is -0.493 e. The van der Waals surface area contributed by atoms with Gasteiger partial charge in [0.2, 0.25) is 5.91 Å². The van der Waals surface area contributed by atoms with E-state index in [1.807, 2.05) is 6.07 Å². The zero-order chi connectivity index (χ0) is 22.8. The molecule has 2 heterocycles. The Balaban J connectivity index is 1.67. The zero-order valence-corrected chi connectivity index (χ0v) is 17.5. The third-order valence-electron chi connectivity index (χ3n) is 4.84. The molecule has 0 saturated heterocycles. The normalized spacial score (nSPS) is 11.6. The van der Waals surface area contributed by atoms with Crippen molar-refractivity contribution >= 4 is 11.7 Å². The van der Waals surface area contributed by atoms with Gasteiger partial charge >= 0.3 is 6.18 Å². The van der Waals surface area contributed by atoms with Crippen LogP contribution in [0, 0.1) is 13.8 Å². The fourth-order valence-corrected chi connectivity index (χ4v) is 3.21. The lowest BCUT2D eigenvalue weighted by Crippen LogP contribution is -2.23. The number of ether oxygens (including phenoxy) is 2. The van der Waals surface area contributed by atoms with Crippen molar-refractivity contribution in [3.8, 4) is 11.5 Å². The van der Waals surface area contributed by atoms with E-state index in [2.05, 4.69) is 20.4 Å². The largest absolute Gasteiger partial charge is 0.493 e. The summed E-state index contributed by atoms with van der Waals surface area (Å²) in [5, 5.41) is 6.33. The van der Waals surface area contributed by atoms with E-state index in [0.717, 1.165) is 10.1 Å². The first-order chi connectivity index (χ1) is 14.6. The summed E-state index contributed by atoms with van der Waals surface area (Å²) < 4.78 is 50.2. The van der Waals surface area contributed by atoms with Gasteiger partial charge < -0.3 is 14.8 Å². The number of aromatic nitrogens is 4. The van der Waals surface area contributed by atoms with Gasteiger partial charge in [-0.2, -0.15) is 18.2 Å². The minimum atomic E-state index is -4.65.